The van der Waals surface area contributed by atoms with Crippen LogP contribution in [0.15, 0.2) is 35.3 Å². The number of nitrogens with two attached hydrogens (primary N) is 1. The van der Waals surface area contributed by atoms with Crippen LogP contribution in [0, 0.1) is 0 Å². The van der Waals surface area contributed by atoms with Gasteiger partial charge in [0.2, 0.25) is 11.8 Å². The number of benzene rings is 1. The smallest absolute Gasteiger partial charge is 0.275 e. The van der Waals surface area contributed by atoms with Gasteiger partial charge in [0.25, 0.3) is 5.56 Å². The van der Waals surface area contributed by atoms with Gasteiger partial charge in [0.1, 0.15) is 12.1 Å². The highest BCUT2D eigenvalue weighted by atomic mass is 16.2. The van der Waals surface area contributed by atoms with Crippen molar-refractivity contribution in [2.45, 2.75) is 44.2 Å². The number of carbonyl (C=O) groups excluding carboxylic acids is 2. The van der Waals surface area contributed by atoms with Crippen molar-refractivity contribution in [2.75, 3.05) is 0 Å². The molecular weight excluding hydrogens is 308 g/mol. The van der Waals surface area contributed by atoms with Crippen molar-refractivity contribution in [2.24, 2.45) is 5.73 Å². The predicted octanol–water partition coefficient (Wildman–Crippen LogP) is 0.701. The van der Waals surface area contributed by atoms with Crippen LogP contribution in [-0.4, -0.2) is 27.1 Å². The van der Waals surface area contributed by atoms with Crippen LogP contribution in [0.5, 0.6) is 0 Å². The van der Waals surface area contributed by atoms with E-state index in [4.69, 9.17) is 5.73 Å². The summed E-state index contributed by atoms with van der Waals surface area (Å²) in [4.78, 5) is 36.6. The number of rotatable bonds is 4. The molecule has 0 spiro atoms. The Morgan fingerprint density at radius 3 is 2.62 bits per heavy atom. The Balaban J connectivity index is 1.81. The number of hydrogen-bond donors (Lipinski definition) is 2. The maximum Gasteiger partial charge on any atom is 0.275 e. The molecule has 3 rings (SSSR count). The lowest BCUT2D eigenvalue weighted by molar-refractivity contribution is -0.133. The van der Waals surface area contributed by atoms with Crippen molar-refractivity contribution in [1.82, 2.24) is 15.1 Å². The molecule has 126 valence electrons. The molecule has 7 heteroatoms. The zero-order valence-corrected chi connectivity index (χ0v) is 13.3. The van der Waals surface area contributed by atoms with E-state index < -0.39 is 17.4 Å². The molecule has 0 atom stereocenters. The quantitative estimate of drug-likeness (QED) is 0.861. The molecule has 1 aromatic heterocycles. The van der Waals surface area contributed by atoms with Gasteiger partial charge in [0, 0.05) is 5.39 Å². The molecule has 1 aromatic carbocycles. The van der Waals surface area contributed by atoms with Gasteiger partial charge in [-0.05, 0) is 18.9 Å². The van der Waals surface area contributed by atoms with Gasteiger partial charge >= 0.3 is 0 Å². The molecule has 2 aromatic rings. The summed E-state index contributed by atoms with van der Waals surface area (Å²) < 4.78 is 1.11. The minimum atomic E-state index is -1.00. The van der Waals surface area contributed by atoms with Crippen LogP contribution in [0.4, 0.5) is 0 Å². The molecule has 3 N–H and O–H groups in total. The van der Waals surface area contributed by atoms with E-state index in [0.717, 1.165) is 29.3 Å². The molecule has 2 amide bonds. The normalized spacial score (nSPS) is 16.7. The maximum absolute atomic E-state index is 12.4. The van der Waals surface area contributed by atoms with E-state index in [9.17, 15) is 14.4 Å². The summed E-state index contributed by atoms with van der Waals surface area (Å²) in [5, 5.41) is 8.00. The van der Waals surface area contributed by atoms with E-state index in [1.54, 1.807) is 24.4 Å². The average Bonchev–Trinajstić information content (AvgIpc) is 2.58. The first-order valence-corrected chi connectivity index (χ1v) is 8.08. The van der Waals surface area contributed by atoms with E-state index in [0.29, 0.717) is 18.2 Å². The minimum Gasteiger partial charge on any atom is -0.368 e. The summed E-state index contributed by atoms with van der Waals surface area (Å²) >= 11 is 0. The number of amides is 2. The highest BCUT2D eigenvalue weighted by Crippen LogP contribution is 2.27. The molecule has 1 aliphatic rings. The lowest BCUT2D eigenvalue weighted by Gasteiger charge is -2.35. The zero-order chi connectivity index (χ0) is 17.2. The Bertz CT molecular complexity index is 837. The van der Waals surface area contributed by atoms with Gasteiger partial charge < -0.3 is 11.1 Å². The van der Waals surface area contributed by atoms with E-state index in [-0.39, 0.29) is 12.1 Å². The highest BCUT2D eigenvalue weighted by Gasteiger charge is 2.39. The third kappa shape index (κ3) is 3.02. The summed E-state index contributed by atoms with van der Waals surface area (Å²) in [6.45, 7) is -0.237. The Hall–Kier alpha value is -2.70. The number of fused-ring (bicyclic) bond motifs is 1. The van der Waals surface area contributed by atoms with Crippen LogP contribution in [0.1, 0.15) is 32.1 Å². The van der Waals surface area contributed by atoms with Crippen molar-refractivity contribution >= 4 is 22.6 Å². The molecule has 0 unspecified atom stereocenters. The molecule has 0 radical (unpaired) electrons. The van der Waals surface area contributed by atoms with Crippen LogP contribution in [-0.2, 0) is 16.1 Å². The first-order valence-electron chi connectivity index (χ1n) is 8.08. The number of primary amides is 1. The number of hydrogen-bond acceptors (Lipinski definition) is 4. The second-order valence-electron chi connectivity index (χ2n) is 6.25. The fraction of sp³-hybridized carbons (Fsp3) is 0.412. The topological polar surface area (TPSA) is 107 Å². The number of nitrogens with zero attached hydrogens (tertiary/aromatic N) is 2. The van der Waals surface area contributed by atoms with Crippen molar-refractivity contribution in [3.63, 3.8) is 0 Å². The number of carbonyl (C=O) groups is 2. The summed E-state index contributed by atoms with van der Waals surface area (Å²) in [5.74, 6) is -0.949. The maximum atomic E-state index is 12.4. The summed E-state index contributed by atoms with van der Waals surface area (Å²) in [6.07, 6.45) is 5.34. The van der Waals surface area contributed by atoms with Crippen LogP contribution in [0.25, 0.3) is 10.8 Å². The minimum absolute atomic E-state index is 0.237. The van der Waals surface area contributed by atoms with Crippen LogP contribution in [0.3, 0.4) is 0 Å². The second-order valence-corrected chi connectivity index (χ2v) is 6.25. The molecule has 1 heterocycles. The second kappa shape index (κ2) is 6.43. The molecule has 24 heavy (non-hydrogen) atoms. The van der Waals surface area contributed by atoms with Gasteiger partial charge in [0.05, 0.1) is 11.6 Å². The molecular formula is C17H20N4O3. The van der Waals surface area contributed by atoms with Crippen molar-refractivity contribution < 1.29 is 9.59 Å². The third-order valence-electron chi connectivity index (χ3n) is 4.61. The van der Waals surface area contributed by atoms with E-state index in [1.807, 2.05) is 6.07 Å². The van der Waals surface area contributed by atoms with Crippen LogP contribution >= 0.6 is 0 Å². The monoisotopic (exact) mass is 328 g/mol. The SMILES string of the molecule is NC(=O)C1(NC(=O)Cn2ncc3ccccc3c2=O)CCCCC1. The fourth-order valence-corrected chi connectivity index (χ4v) is 3.27. The highest BCUT2D eigenvalue weighted by molar-refractivity contribution is 5.90. The molecule has 1 fully saturated rings. The van der Waals surface area contributed by atoms with Gasteiger partial charge in [-0.15, -0.1) is 0 Å². The van der Waals surface area contributed by atoms with Crippen LogP contribution in [0.2, 0.25) is 0 Å². The van der Waals surface area contributed by atoms with Gasteiger partial charge in [-0.3, -0.25) is 14.4 Å². The Labute approximate surface area is 138 Å². The summed E-state index contributed by atoms with van der Waals surface area (Å²) in [7, 11) is 0. The Kier molecular flexibility index (Phi) is 4.33. The Morgan fingerprint density at radius 1 is 1.21 bits per heavy atom. The summed E-state index contributed by atoms with van der Waals surface area (Å²) in [6, 6.07) is 7.07. The lowest BCUT2D eigenvalue weighted by atomic mass is 9.81. The molecule has 7 nitrogen and oxygen atoms in total. The zero-order valence-electron chi connectivity index (χ0n) is 13.3. The largest absolute Gasteiger partial charge is 0.368 e. The van der Waals surface area contributed by atoms with Crippen molar-refractivity contribution in [3.8, 4) is 0 Å². The van der Waals surface area contributed by atoms with Crippen molar-refractivity contribution in [1.29, 1.82) is 0 Å². The number of nitrogens with one attached hydrogen (secondary N) is 1. The summed E-state index contributed by atoms with van der Waals surface area (Å²) in [5.41, 5.74) is 4.17. The first kappa shape index (κ1) is 16.2. The van der Waals surface area contributed by atoms with Gasteiger partial charge in [-0.2, -0.15) is 5.10 Å². The van der Waals surface area contributed by atoms with E-state index in [2.05, 4.69) is 10.4 Å². The lowest BCUT2D eigenvalue weighted by Crippen LogP contribution is -2.59. The molecule has 0 bridgehead atoms. The number of aromatic nitrogens is 2. The van der Waals surface area contributed by atoms with Gasteiger partial charge in [-0.1, -0.05) is 37.5 Å². The van der Waals surface area contributed by atoms with Gasteiger partial charge in [0.15, 0.2) is 0 Å². The Morgan fingerprint density at radius 2 is 1.92 bits per heavy atom. The van der Waals surface area contributed by atoms with E-state index in [1.165, 1.54) is 0 Å². The molecule has 1 aliphatic carbocycles. The van der Waals surface area contributed by atoms with Gasteiger partial charge in [-0.25, -0.2) is 4.68 Å². The van der Waals surface area contributed by atoms with E-state index >= 15 is 0 Å². The van der Waals surface area contributed by atoms with Crippen molar-refractivity contribution in [3.05, 3.63) is 40.8 Å². The third-order valence-corrected chi connectivity index (χ3v) is 4.61. The first-order chi connectivity index (χ1) is 11.5. The average molecular weight is 328 g/mol. The predicted molar refractivity (Wildman–Crippen MR) is 89.2 cm³/mol. The standard InChI is InChI=1S/C17H20N4O3/c18-16(24)17(8-4-1-5-9-17)20-14(22)11-21-15(23)13-7-3-2-6-12(13)10-19-21/h2-3,6-7,10H,1,4-5,8-9,11H2,(H2,18,24)(H,20,22). The van der Waals surface area contributed by atoms with Crippen LogP contribution < -0.4 is 16.6 Å². The molecule has 0 saturated heterocycles. The molecule has 1 saturated carbocycles. The molecule has 0 aliphatic heterocycles. The fourth-order valence-electron chi connectivity index (χ4n) is 3.27.